The molecule has 5 rings (SSSR count). The number of ketones is 1. The maximum atomic E-state index is 15.2. The molecule has 2 amide bonds. The normalized spacial score (nSPS) is 39.3. The molecule has 3 N–H and O–H groups in total. The fourth-order valence-electron chi connectivity index (χ4n) is 12.5. The Bertz CT molecular complexity index is 2040. The number of nitrogens with one attached hydrogen (secondary N) is 1. The van der Waals surface area contributed by atoms with Crippen molar-refractivity contribution in [2.75, 3.05) is 74.6 Å². The first kappa shape index (κ1) is 62.5. The first-order valence-electron chi connectivity index (χ1n) is 27.4. The number of benzene rings is 1. The lowest BCUT2D eigenvalue weighted by Crippen LogP contribution is -2.70. The van der Waals surface area contributed by atoms with E-state index in [9.17, 15) is 19.8 Å². The van der Waals surface area contributed by atoms with Crippen molar-refractivity contribution in [2.24, 2.45) is 23.7 Å². The molecule has 19 heteroatoms. The fraction of sp³-hybridized carbons (Fsp3) is 0.821. The lowest BCUT2D eigenvalue weighted by Gasteiger charge is -2.54. The van der Waals surface area contributed by atoms with E-state index in [0.29, 0.717) is 13.0 Å². The van der Waals surface area contributed by atoms with E-state index in [-0.39, 0.29) is 50.3 Å². The van der Waals surface area contributed by atoms with Gasteiger partial charge in [0.2, 0.25) is 5.91 Å². The number of fused-ring (bicyclic) bond motifs is 1. The van der Waals surface area contributed by atoms with Gasteiger partial charge in [-0.05, 0) is 101 Å². The van der Waals surface area contributed by atoms with Crippen molar-refractivity contribution >= 4 is 23.8 Å². The SMILES string of the molecule is CC[C@H]1OC(=O)[C@H](C)[C@@H](O[C@H]2C[C@@](C)(OC)[C@@](O)(CN(C)CCN(CC)CC)[C@H](C)O2)[C@H](C)[C@@H](O[C@@H]2O[C@H](C)C[C@H](N(C)C)[C@H]2O)[C@@](C)(OC)C[C@@H](C)C(=O)[C@H](C)[C@H]2N(CC(=O)NCc3ccccc3)C(=O)O[C@]12C. The van der Waals surface area contributed by atoms with Crippen LogP contribution in [0, 0.1) is 23.7 Å². The Morgan fingerprint density at radius 2 is 1.53 bits per heavy atom. The van der Waals surface area contributed by atoms with Gasteiger partial charge in [-0.25, -0.2) is 4.79 Å². The van der Waals surface area contributed by atoms with Crippen molar-refractivity contribution in [3.05, 3.63) is 35.9 Å². The number of hydrogen-bond donors (Lipinski definition) is 3. The number of Topliss-reactive ketones (excluding diaryl/α,β-unsaturated/α-hetero) is 1. The number of likely N-dealkylation sites (N-methyl/N-ethyl adjacent to an activating group) is 3. The second-order valence-corrected chi connectivity index (χ2v) is 22.9. The molecule has 4 aliphatic heterocycles. The number of carbonyl (C=O) groups excluding carboxylic acids is 4. The molecular formula is C56H95N5O14. The lowest BCUT2D eigenvalue weighted by molar-refractivity contribution is -0.339. The van der Waals surface area contributed by atoms with Crippen LogP contribution < -0.4 is 5.32 Å². The summed E-state index contributed by atoms with van der Waals surface area (Å²) in [6.07, 6.45) is -7.64. The monoisotopic (exact) mass is 1060 g/mol. The summed E-state index contributed by atoms with van der Waals surface area (Å²) in [4.78, 5) is 65.8. The molecule has 4 saturated heterocycles. The number of nitrogens with zero attached hydrogens (tertiary/aromatic N) is 4. The van der Waals surface area contributed by atoms with Crippen molar-refractivity contribution in [3.8, 4) is 0 Å². The van der Waals surface area contributed by atoms with E-state index in [2.05, 4.69) is 29.0 Å². The third-order valence-corrected chi connectivity index (χ3v) is 17.4. The summed E-state index contributed by atoms with van der Waals surface area (Å²) >= 11 is 0. The number of cyclic esters (lactones) is 1. The third-order valence-electron chi connectivity index (χ3n) is 17.4. The van der Waals surface area contributed by atoms with E-state index in [0.717, 1.165) is 25.2 Å². The summed E-state index contributed by atoms with van der Waals surface area (Å²) in [6, 6.07) is 7.98. The Hall–Kier alpha value is -3.34. The molecule has 0 spiro atoms. The number of ether oxygens (including phenoxy) is 8. The van der Waals surface area contributed by atoms with E-state index in [1.807, 2.05) is 84.1 Å². The predicted octanol–water partition coefficient (Wildman–Crippen LogP) is 4.87. The second kappa shape index (κ2) is 26.1. The second-order valence-electron chi connectivity index (χ2n) is 22.9. The predicted molar refractivity (Wildman–Crippen MR) is 282 cm³/mol. The number of hydrogen-bond acceptors (Lipinski definition) is 17. The molecule has 75 heavy (non-hydrogen) atoms. The minimum Gasteiger partial charge on any atom is -0.458 e. The number of rotatable bonds is 19. The molecule has 4 aliphatic rings. The van der Waals surface area contributed by atoms with Crippen LogP contribution in [0.25, 0.3) is 0 Å². The fourth-order valence-corrected chi connectivity index (χ4v) is 12.5. The van der Waals surface area contributed by atoms with Crippen LogP contribution in [0.4, 0.5) is 4.79 Å². The van der Waals surface area contributed by atoms with Crippen molar-refractivity contribution in [1.82, 2.24) is 24.9 Å². The summed E-state index contributed by atoms with van der Waals surface area (Å²) in [5.74, 6) is -4.97. The van der Waals surface area contributed by atoms with Crippen LogP contribution in [0.3, 0.4) is 0 Å². The lowest BCUT2D eigenvalue weighted by atomic mass is 9.73. The molecule has 4 fully saturated rings. The van der Waals surface area contributed by atoms with Gasteiger partial charge in [0.25, 0.3) is 0 Å². The molecule has 428 valence electrons. The van der Waals surface area contributed by atoms with Crippen LogP contribution in [-0.4, -0.2) is 212 Å². The zero-order valence-electron chi connectivity index (χ0n) is 48.3. The van der Waals surface area contributed by atoms with E-state index in [4.69, 9.17) is 37.9 Å². The number of methoxy groups -OCH3 is 2. The van der Waals surface area contributed by atoms with E-state index < -0.39 is 120 Å². The topological polar surface area (TPSA) is 208 Å². The van der Waals surface area contributed by atoms with Crippen LogP contribution in [-0.2, 0) is 58.8 Å². The van der Waals surface area contributed by atoms with Crippen LogP contribution in [0.5, 0.6) is 0 Å². The van der Waals surface area contributed by atoms with Crippen molar-refractivity contribution in [1.29, 1.82) is 0 Å². The van der Waals surface area contributed by atoms with Crippen molar-refractivity contribution < 1.29 is 67.3 Å². The summed E-state index contributed by atoms with van der Waals surface area (Å²) in [5.41, 5.74) is -4.78. The van der Waals surface area contributed by atoms with Crippen molar-refractivity contribution in [2.45, 2.75) is 199 Å². The molecular weight excluding hydrogens is 967 g/mol. The largest absolute Gasteiger partial charge is 0.458 e. The van der Waals surface area contributed by atoms with E-state index in [1.165, 1.54) is 12.0 Å². The van der Waals surface area contributed by atoms with Gasteiger partial charge in [0.15, 0.2) is 18.2 Å². The van der Waals surface area contributed by atoms with Gasteiger partial charge < -0.3 is 68.1 Å². The first-order chi connectivity index (χ1) is 35.2. The van der Waals surface area contributed by atoms with Gasteiger partial charge in [-0.1, -0.05) is 71.9 Å². The zero-order valence-corrected chi connectivity index (χ0v) is 48.3. The van der Waals surface area contributed by atoms with Gasteiger partial charge in [0.1, 0.15) is 35.7 Å². The Morgan fingerprint density at radius 1 is 0.880 bits per heavy atom. The first-order valence-corrected chi connectivity index (χ1v) is 27.4. The Balaban J connectivity index is 1.60. The number of aliphatic hydroxyl groups excluding tert-OH is 1. The highest BCUT2D eigenvalue weighted by Crippen LogP contribution is 2.46. The molecule has 0 saturated carbocycles. The molecule has 0 bridgehead atoms. The number of aliphatic hydroxyl groups is 2. The van der Waals surface area contributed by atoms with E-state index in [1.54, 1.807) is 48.7 Å². The molecule has 1 aromatic carbocycles. The van der Waals surface area contributed by atoms with Crippen LogP contribution in [0.2, 0.25) is 0 Å². The maximum absolute atomic E-state index is 15.2. The van der Waals surface area contributed by atoms with Gasteiger partial charge >= 0.3 is 12.1 Å². The molecule has 18 atom stereocenters. The Labute approximate surface area is 447 Å². The average Bonchev–Trinajstić information content (AvgIpc) is 3.62. The number of amides is 2. The quantitative estimate of drug-likeness (QED) is 0.158. The standard InChI is InChI=1S/C56H95N5O14/c1-18-42-55(12)48(61(52(66)75-55)32-43(62)57-31-40-24-22-21-23-25-40)36(6)45(63)34(4)29-53(10,68-16)49(74-51-46(64)41(58(13)14)28-35(5)70-51)37(7)47(38(8)50(65)72-42)73-44-30-54(11,69-17)56(67,39(9)71-44)33-59(15)26-27-60(19-2)20-3/h21-25,34-39,41-42,44,46-49,51,64,67H,18-20,26-33H2,1-17H3,(H,57,62)/t34-,35-,36+,37+,38-,39+,41+,42-,44+,46-,47+,48-,49-,51+,53+,54-,55-,56-/m1/s1. The number of esters is 1. The van der Waals surface area contributed by atoms with Crippen LogP contribution in [0.1, 0.15) is 114 Å². The Kier molecular flexibility index (Phi) is 21.7. The van der Waals surface area contributed by atoms with Gasteiger partial charge in [-0.2, -0.15) is 0 Å². The smallest absolute Gasteiger partial charge is 0.411 e. The highest BCUT2D eigenvalue weighted by Gasteiger charge is 2.62. The third kappa shape index (κ3) is 13.7. The van der Waals surface area contributed by atoms with Crippen molar-refractivity contribution in [3.63, 3.8) is 0 Å². The van der Waals surface area contributed by atoms with Crippen LogP contribution in [0.15, 0.2) is 30.3 Å². The summed E-state index contributed by atoms with van der Waals surface area (Å²) < 4.78 is 52.8. The number of carbonyl (C=O) groups is 4. The molecule has 0 unspecified atom stereocenters. The zero-order chi connectivity index (χ0) is 56.0. The Morgan fingerprint density at radius 3 is 2.12 bits per heavy atom. The van der Waals surface area contributed by atoms with E-state index >= 15 is 9.59 Å². The highest BCUT2D eigenvalue weighted by atomic mass is 16.7. The molecule has 19 nitrogen and oxygen atoms in total. The summed E-state index contributed by atoms with van der Waals surface area (Å²) in [7, 11) is 8.83. The summed E-state index contributed by atoms with van der Waals surface area (Å²) in [5, 5.41) is 27.5. The molecule has 0 aromatic heterocycles. The van der Waals surface area contributed by atoms with Gasteiger partial charge in [0.05, 0.1) is 42.0 Å². The minimum absolute atomic E-state index is 0.0598. The van der Waals surface area contributed by atoms with Gasteiger partial charge in [-0.15, -0.1) is 0 Å². The molecule has 1 aromatic rings. The van der Waals surface area contributed by atoms with Gasteiger partial charge in [-0.3, -0.25) is 19.3 Å². The molecule has 4 heterocycles. The minimum atomic E-state index is -1.60. The molecule has 0 aliphatic carbocycles. The highest BCUT2D eigenvalue weighted by molar-refractivity contribution is 5.87. The van der Waals surface area contributed by atoms with Gasteiger partial charge in [0, 0.05) is 70.6 Å². The van der Waals surface area contributed by atoms with Crippen LogP contribution >= 0.6 is 0 Å². The average molecular weight is 1060 g/mol. The maximum Gasteiger partial charge on any atom is 0.411 e. The summed E-state index contributed by atoms with van der Waals surface area (Å²) in [6.45, 7) is 25.5. The molecule has 0 radical (unpaired) electrons.